The van der Waals surface area contributed by atoms with Crippen molar-refractivity contribution in [1.29, 1.82) is 0 Å². The summed E-state index contributed by atoms with van der Waals surface area (Å²) in [4.78, 5) is 37.9. The normalized spacial score (nSPS) is 10.3. The number of rotatable bonds is 6. The van der Waals surface area contributed by atoms with Gasteiger partial charge >= 0.3 is 5.97 Å². The number of hydrogen-bond donors (Lipinski definition) is 1. The van der Waals surface area contributed by atoms with Gasteiger partial charge in [-0.1, -0.05) is 11.6 Å². The van der Waals surface area contributed by atoms with Crippen LogP contribution in [0.3, 0.4) is 0 Å². The number of esters is 1. The predicted molar refractivity (Wildman–Crippen MR) is 98.4 cm³/mol. The molecule has 0 unspecified atom stereocenters. The van der Waals surface area contributed by atoms with Crippen molar-refractivity contribution in [1.82, 2.24) is 14.8 Å². The molecule has 0 radical (unpaired) electrons. The van der Waals surface area contributed by atoms with Crippen LogP contribution < -0.4 is 5.32 Å². The van der Waals surface area contributed by atoms with Crippen LogP contribution in [0, 0.1) is 10.1 Å². The fourth-order valence-corrected chi connectivity index (χ4v) is 2.43. The topological polar surface area (TPSA) is 129 Å². The fourth-order valence-electron chi connectivity index (χ4n) is 2.21. The molecule has 142 valence electrons. The van der Waals surface area contributed by atoms with Crippen LogP contribution in [0.1, 0.15) is 10.4 Å². The molecule has 1 N–H and O–H groups in total. The number of aromatic nitrogens is 3. The molecule has 0 aliphatic rings. The molecule has 0 saturated heterocycles. The highest BCUT2D eigenvalue weighted by Crippen LogP contribution is 2.26. The van der Waals surface area contributed by atoms with Crippen LogP contribution in [0.25, 0.3) is 5.69 Å². The number of nitro benzene ring substituents is 1. The summed E-state index contributed by atoms with van der Waals surface area (Å²) in [5, 5.41) is 17.1. The van der Waals surface area contributed by atoms with Crippen molar-refractivity contribution < 1.29 is 19.2 Å². The van der Waals surface area contributed by atoms with Gasteiger partial charge in [-0.15, -0.1) is 0 Å². The largest absolute Gasteiger partial charge is 0.452 e. The van der Waals surface area contributed by atoms with E-state index < -0.39 is 23.4 Å². The van der Waals surface area contributed by atoms with Crippen LogP contribution in [0.15, 0.2) is 55.1 Å². The summed E-state index contributed by atoms with van der Waals surface area (Å²) in [6.07, 6.45) is 2.90. The molecule has 0 aliphatic heterocycles. The molecule has 10 nitrogen and oxygen atoms in total. The Labute approximate surface area is 162 Å². The van der Waals surface area contributed by atoms with Crippen molar-refractivity contribution in [3.8, 4) is 5.69 Å². The fraction of sp³-hybridized carbons (Fsp3) is 0.0588. The zero-order valence-electron chi connectivity index (χ0n) is 14.1. The van der Waals surface area contributed by atoms with E-state index in [4.69, 9.17) is 16.3 Å². The number of carbonyl (C=O) groups excluding carboxylic acids is 2. The minimum absolute atomic E-state index is 0.00224. The van der Waals surface area contributed by atoms with Gasteiger partial charge in [0.05, 0.1) is 26.9 Å². The van der Waals surface area contributed by atoms with Gasteiger partial charge in [-0.2, -0.15) is 5.10 Å². The van der Waals surface area contributed by atoms with Crippen LogP contribution in [0.4, 0.5) is 11.4 Å². The molecule has 0 fully saturated rings. The summed E-state index contributed by atoms with van der Waals surface area (Å²) in [5.74, 6) is -1.32. The first-order valence-corrected chi connectivity index (χ1v) is 8.18. The number of anilines is 1. The Hall–Kier alpha value is -3.79. The third-order valence-electron chi connectivity index (χ3n) is 3.56. The van der Waals surface area contributed by atoms with Gasteiger partial charge in [0, 0.05) is 12.1 Å². The standard InChI is InChI=1S/C17H12ClN5O5/c18-14-7-13(23(26)27)5-6-15(14)21-16(24)8-28-17(25)11-1-3-12(4-2-11)22-10-19-9-20-22/h1-7,9-10H,8H2,(H,21,24). The number of benzene rings is 2. The summed E-state index contributed by atoms with van der Waals surface area (Å²) < 4.78 is 6.48. The van der Waals surface area contributed by atoms with Crippen LogP contribution in [0.2, 0.25) is 5.02 Å². The average Bonchev–Trinajstić information content (AvgIpc) is 3.22. The third kappa shape index (κ3) is 4.48. The summed E-state index contributed by atoms with van der Waals surface area (Å²) in [5.41, 5.74) is 0.930. The van der Waals surface area contributed by atoms with E-state index in [0.717, 1.165) is 6.07 Å². The molecule has 1 aromatic heterocycles. The Bertz CT molecular complexity index is 1020. The zero-order valence-corrected chi connectivity index (χ0v) is 14.9. The maximum Gasteiger partial charge on any atom is 0.338 e. The Morgan fingerprint density at radius 1 is 1.21 bits per heavy atom. The molecule has 2 aromatic carbocycles. The first-order valence-electron chi connectivity index (χ1n) is 7.80. The lowest BCUT2D eigenvalue weighted by molar-refractivity contribution is -0.384. The summed E-state index contributed by atoms with van der Waals surface area (Å²) >= 11 is 5.89. The molecular weight excluding hydrogens is 390 g/mol. The summed E-state index contributed by atoms with van der Waals surface area (Å²) in [7, 11) is 0. The molecule has 3 aromatic rings. The van der Waals surface area contributed by atoms with E-state index >= 15 is 0 Å². The predicted octanol–water partition coefficient (Wildman–Crippen LogP) is 2.62. The van der Waals surface area contributed by atoms with Crippen molar-refractivity contribution in [3.05, 3.63) is 75.8 Å². The lowest BCUT2D eigenvalue weighted by Gasteiger charge is -2.08. The first-order chi connectivity index (χ1) is 13.4. The molecular formula is C17H12ClN5O5. The van der Waals surface area contributed by atoms with Gasteiger partial charge in [0.1, 0.15) is 12.7 Å². The van der Waals surface area contributed by atoms with E-state index in [2.05, 4.69) is 15.4 Å². The number of nitrogens with zero attached hydrogens (tertiary/aromatic N) is 4. The molecule has 11 heteroatoms. The Kier molecular flexibility index (Phi) is 5.61. The maximum absolute atomic E-state index is 12.0. The number of nitro groups is 1. The number of hydrogen-bond acceptors (Lipinski definition) is 7. The highest BCUT2D eigenvalue weighted by molar-refractivity contribution is 6.34. The van der Waals surface area contributed by atoms with Crippen molar-refractivity contribution in [2.24, 2.45) is 0 Å². The molecule has 1 amide bonds. The second kappa shape index (κ2) is 8.27. The van der Waals surface area contributed by atoms with Gasteiger partial charge in [-0.05, 0) is 30.3 Å². The van der Waals surface area contributed by atoms with Crippen molar-refractivity contribution in [2.75, 3.05) is 11.9 Å². The number of nitrogens with one attached hydrogen (secondary N) is 1. The van der Waals surface area contributed by atoms with Gasteiger partial charge in [0.25, 0.3) is 11.6 Å². The Morgan fingerprint density at radius 3 is 2.57 bits per heavy atom. The van der Waals surface area contributed by atoms with Crippen LogP contribution in [-0.2, 0) is 9.53 Å². The van der Waals surface area contributed by atoms with E-state index in [1.807, 2.05) is 0 Å². The molecule has 0 atom stereocenters. The molecule has 3 rings (SSSR count). The van der Waals surface area contributed by atoms with E-state index in [9.17, 15) is 19.7 Å². The SMILES string of the molecule is O=C(COC(=O)c1ccc(-n2cncn2)cc1)Nc1ccc([N+](=O)[O-])cc1Cl. The molecule has 0 bridgehead atoms. The van der Waals surface area contributed by atoms with Gasteiger partial charge in [-0.3, -0.25) is 14.9 Å². The highest BCUT2D eigenvalue weighted by Gasteiger charge is 2.14. The summed E-state index contributed by atoms with van der Waals surface area (Å²) in [6.45, 7) is -0.545. The van der Waals surface area contributed by atoms with Gasteiger partial charge in [0.2, 0.25) is 0 Å². The Morgan fingerprint density at radius 2 is 1.96 bits per heavy atom. The first kappa shape index (κ1) is 19.0. The average molecular weight is 402 g/mol. The van der Waals surface area contributed by atoms with Crippen molar-refractivity contribution >= 4 is 34.9 Å². The molecule has 1 heterocycles. The zero-order chi connectivity index (χ0) is 20.1. The van der Waals surface area contributed by atoms with Crippen molar-refractivity contribution in [3.63, 3.8) is 0 Å². The smallest absolute Gasteiger partial charge is 0.338 e. The number of non-ortho nitro benzene ring substituents is 1. The second-order valence-corrected chi connectivity index (χ2v) is 5.84. The Balaban J connectivity index is 1.55. The number of amides is 1. The van der Waals surface area contributed by atoms with Gasteiger partial charge in [-0.25, -0.2) is 14.5 Å². The molecule has 0 spiro atoms. The highest BCUT2D eigenvalue weighted by atomic mass is 35.5. The van der Waals surface area contributed by atoms with E-state index in [1.165, 1.54) is 41.6 Å². The quantitative estimate of drug-likeness (QED) is 0.381. The number of halogens is 1. The molecule has 0 aliphatic carbocycles. The van der Waals surface area contributed by atoms with Crippen molar-refractivity contribution in [2.45, 2.75) is 0 Å². The minimum Gasteiger partial charge on any atom is -0.452 e. The number of ether oxygens (including phenoxy) is 1. The van der Waals surface area contributed by atoms with Crippen LogP contribution in [0.5, 0.6) is 0 Å². The molecule has 0 saturated carbocycles. The van der Waals surface area contributed by atoms with Crippen LogP contribution >= 0.6 is 11.6 Å². The maximum atomic E-state index is 12.0. The van der Waals surface area contributed by atoms with E-state index in [-0.39, 0.29) is 22.0 Å². The third-order valence-corrected chi connectivity index (χ3v) is 3.87. The lowest BCUT2D eigenvalue weighted by Crippen LogP contribution is -2.21. The van der Waals surface area contributed by atoms with Crippen LogP contribution in [-0.4, -0.2) is 38.2 Å². The monoisotopic (exact) mass is 401 g/mol. The van der Waals surface area contributed by atoms with E-state index in [1.54, 1.807) is 12.1 Å². The lowest BCUT2D eigenvalue weighted by atomic mass is 10.2. The van der Waals surface area contributed by atoms with Gasteiger partial charge < -0.3 is 10.1 Å². The minimum atomic E-state index is -0.685. The molecule has 28 heavy (non-hydrogen) atoms. The number of carbonyl (C=O) groups is 2. The van der Waals surface area contributed by atoms with E-state index in [0.29, 0.717) is 5.69 Å². The van der Waals surface area contributed by atoms with Gasteiger partial charge in [0.15, 0.2) is 6.61 Å². The summed E-state index contributed by atoms with van der Waals surface area (Å²) in [6, 6.07) is 9.98. The second-order valence-electron chi connectivity index (χ2n) is 5.43.